The highest BCUT2D eigenvalue weighted by Gasteiger charge is 2.53. The maximum atomic E-state index is 12.3. The summed E-state index contributed by atoms with van der Waals surface area (Å²) in [7, 11) is 0. The number of aliphatic carboxylic acids is 2. The third kappa shape index (κ3) is 16.3. The molecule has 0 spiro atoms. The molecule has 2 fully saturated rings. The fourth-order valence-electron chi connectivity index (χ4n) is 7.87. The molecule has 4 N–H and O–H groups in total. The molecule has 6 atom stereocenters. The van der Waals surface area contributed by atoms with Gasteiger partial charge in [0.05, 0.1) is 23.4 Å². The van der Waals surface area contributed by atoms with E-state index in [0.717, 1.165) is 99.7 Å². The Morgan fingerprint density at radius 1 is 0.667 bits per heavy atom. The molecule has 2 aliphatic carbocycles. The van der Waals surface area contributed by atoms with E-state index in [4.69, 9.17) is 18.9 Å². The number of hydrogen-bond donors (Lipinski definition) is 4. The van der Waals surface area contributed by atoms with Crippen molar-refractivity contribution in [1.29, 1.82) is 0 Å². The van der Waals surface area contributed by atoms with E-state index in [-0.39, 0.29) is 71.4 Å². The zero-order valence-electron chi connectivity index (χ0n) is 35.3. The number of carbonyl (C=O) groups excluding carboxylic acids is 4. The summed E-state index contributed by atoms with van der Waals surface area (Å²) in [5.41, 5.74) is 1.59. The van der Waals surface area contributed by atoms with Gasteiger partial charge in [-0.2, -0.15) is 0 Å². The summed E-state index contributed by atoms with van der Waals surface area (Å²) in [5, 5.41) is 24.5. The van der Waals surface area contributed by atoms with Crippen LogP contribution in [0.1, 0.15) is 117 Å². The molecule has 2 aliphatic heterocycles. The number of amides is 2. The molecule has 330 valence electrons. The van der Waals surface area contributed by atoms with Crippen molar-refractivity contribution in [3.8, 4) is 0 Å². The van der Waals surface area contributed by atoms with Crippen molar-refractivity contribution in [2.75, 3.05) is 26.3 Å². The lowest BCUT2D eigenvalue weighted by molar-refractivity contribution is -0.137. The van der Waals surface area contributed by atoms with Crippen molar-refractivity contribution in [3.63, 3.8) is 0 Å². The van der Waals surface area contributed by atoms with Crippen LogP contribution in [0.25, 0.3) is 0 Å². The maximum Gasteiger partial charge on any atom is 0.331 e. The maximum absolute atomic E-state index is 12.3. The van der Waals surface area contributed by atoms with Crippen LogP contribution >= 0.6 is 0 Å². The summed E-state index contributed by atoms with van der Waals surface area (Å²) in [5.74, 6) is -4.52. The van der Waals surface area contributed by atoms with Gasteiger partial charge < -0.3 is 39.8 Å². The van der Waals surface area contributed by atoms with Gasteiger partial charge in [0.2, 0.25) is 11.8 Å². The van der Waals surface area contributed by atoms with Gasteiger partial charge in [-0.3, -0.25) is 9.59 Å². The molecule has 0 aromatic carbocycles. The lowest BCUT2D eigenvalue weighted by Crippen LogP contribution is -2.22. The van der Waals surface area contributed by atoms with Gasteiger partial charge in [0.15, 0.2) is 0 Å². The molecule has 4 aliphatic rings. The summed E-state index contributed by atoms with van der Waals surface area (Å²) >= 11 is 0. The number of rotatable bonds is 21. The minimum atomic E-state index is -1.01. The second-order valence-corrected chi connectivity index (χ2v) is 16.8. The number of carboxylic acids is 2. The number of ether oxygens (including phenoxy) is 4. The van der Waals surface area contributed by atoms with Crippen molar-refractivity contribution in [2.45, 2.75) is 140 Å². The van der Waals surface area contributed by atoms with Crippen LogP contribution in [0.5, 0.6) is 0 Å². The van der Waals surface area contributed by atoms with Gasteiger partial charge in [-0.15, -0.1) is 0 Å². The average molecular weight is 837 g/mol. The Morgan fingerprint density at radius 3 is 1.43 bits per heavy atom. The highest BCUT2D eigenvalue weighted by molar-refractivity contribution is 5.95. The molecule has 0 aromatic heterocycles. The van der Waals surface area contributed by atoms with Crippen LogP contribution in [0.4, 0.5) is 0 Å². The predicted molar refractivity (Wildman–Crippen MR) is 223 cm³/mol. The number of esters is 2. The molecule has 2 heterocycles. The van der Waals surface area contributed by atoms with E-state index < -0.39 is 23.9 Å². The number of allylic oxidation sites excluding steroid dienone is 2. The first-order valence-electron chi connectivity index (χ1n) is 21.4. The van der Waals surface area contributed by atoms with E-state index in [1.54, 1.807) is 0 Å². The number of fused-ring (bicyclic) bond motifs is 2. The van der Waals surface area contributed by atoms with Crippen LogP contribution in [-0.2, 0) is 47.7 Å². The molecule has 60 heavy (non-hydrogen) atoms. The first-order chi connectivity index (χ1) is 28.6. The topological polar surface area (TPSA) is 210 Å². The monoisotopic (exact) mass is 836 g/mol. The van der Waals surface area contributed by atoms with Crippen LogP contribution in [0.2, 0.25) is 0 Å². The van der Waals surface area contributed by atoms with Gasteiger partial charge in [-0.05, 0) is 114 Å². The van der Waals surface area contributed by atoms with E-state index in [0.29, 0.717) is 51.6 Å². The van der Waals surface area contributed by atoms with Crippen molar-refractivity contribution < 1.29 is 57.9 Å². The van der Waals surface area contributed by atoms with Gasteiger partial charge in [0.25, 0.3) is 0 Å². The Labute approximate surface area is 353 Å². The Bertz CT molecular complexity index is 1600. The summed E-state index contributed by atoms with van der Waals surface area (Å²) < 4.78 is 22.5. The zero-order chi connectivity index (χ0) is 43.7. The fraction of sp³-hybridized carbons (Fsp3) is 0.609. The molecule has 4 rings (SSSR count). The van der Waals surface area contributed by atoms with Gasteiger partial charge in [-0.1, -0.05) is 51.0 Å². The van der Waals surface area contributed by atoms with E-state index in [2.05, 4.69) is 23.8 Å². The van der Waals surface area contributed by atoms with Crippen LogP contribution in [-0.4, -0.2) is 95.6 Å². The second-order valence-electron chi connectivity index (χ2n) is 16.8. The number of hydrogen-bond acceptors (Lipinski definition) is 10. The highest BCUT2D eigenvalue weighted by atomic mass is 16.6. The molecule has 0 unspecified atom stereocenters. The normalized spacial score (nSPS) is 28.3. The van der Waals surface area contributed by atoms with Crippen molar-refractivity contribution in [1.82, 2.24) is 10.6 Å². The molecule has 14 heteroatoms. The van der Waals surface area contributed by atoms with Crippen molar-refractivity contribution >= 4 is 35.7 Å². The molecule has 0 aromatic rings. The third-order valence-electron chi connectivity index (χ3n) is 12.1. The standard InChI is InChI=1S/C46H64N2O12/c1-31(43(53)54)35-17-15-33(13-11-23-45(3)37(27-35)59-45)29-57-41(51)21-19-39(49)47-25-9-7-5-6-8-10-26-48-40(50)20-22-42(52)58-30-34-14-12-24-46(4)38(60-46)28-36(18-16-34)32(2)44(55)56/h13-14,19-22,35-38H,1-2,5-12,15-18,23-30H2,3-4H3,(H,47,49)(H,48,50)(H,53,54)(H,55,56)/b21-19+,22-20+,33-13+,34-14+/t35-,36-,37+,38+,45-,46-/m1/s1. The number of unbranched alkanes of at least 4 members (excludes halogenated alkanes) is 5. The van der Waals surface area contributed by atoms with Gasteiger partial charge in [0, 0.05) is 48.5 Å². The Morgan fingerprint density at radius 2 is 1.05 bits per heavy atom. The Kier molecular flexibility index (Phi) is 18.5. The highest BCUT2D eigenvalue weighted by Crippen LogP contribution is 2.47. The first kappa shape index (κ1) is 47.9. The number of carboxylic acid groups (broad SMARTS) is 2. The molecule has 14 nitrogen and oxygen atoms in total. The average Bonchev–Trinajstić information content (AvgIpc) is 4.08. The van der Waals surface area contributed by atoms with Crippen molar-refractivity contribution in [2.24, 2.45) is 11.8 Å². The number of epoxide rings is 2. The third-order valence-corrected chi connectivity index (χ3v) is 12.1. The van der Waals surface area contributed by atoms with E-state index in [9.17, 15) is 39.0 Å². The fourth-order valence-corrected chi connectivity index (χ4v) is 7.87. The van der Waals surface area contributed by atoms with Gasteiger partial charge in [0.1, 0.15) is 13.2 Å². The lowest BCUT2D eigenvalue weighted by Gasteiger charge is -2.19. The van der Waals surface area contributed by atoms with E-state index >= 15 is 0 Å². The quantitative estimate of drug-likeness (QED) is 0.0327. The van der Waals surface area contributed by atoms with Gasteiger partial charge in [-0.25, -0.2) is 19.2 Å². The van der Waals surface area contributed by atoms with E-state index in [1.807, 2.05) is 26.0 Å². The first-order valence-corrected chi connectivity index (χ1v) is 21.4. The predicted octanol–water partition coefficient (Wildman–Crippen LogP) is 6.37. The van der Waals surface area contributed by atoms with Crippen LogP contribution in [0.15, 0.2) is 71.9 Å². The summed E-state index contributed by atoms with van der Waals surface area (Å²) in [6.45, 7) is 12.7. The van der Waals surface area contributed by atoms with Crippen LogP contribution in [0.3, 0.4) is 0 Å². The number of nitrogens with one attached hydrogen (secondary N) is 2. The summed E-state index contributed by atoms with van der Waals surface area (Å²) in [4.78, 5) is 72.2. The Balaban J connectivity index is 1.00. The molecule has 0 bridgehead atoms. The molecule has 2 saturated heterocycles. The summed E-state index contributed by atoms with van der Waals surface area (Å²) in [6.07, 6.45) is 20.6. The SMILES string of the molecule is C=C(C(=O)O)[C@@H]1CC/C(COC(=O)/C=C/C(=O)NCCCCCCCCNC(=O)/C=C/C(=O)OC/C2=C/CC[C@@]3(C)O[C@H]3C[C@H](C(=C)C(=O)O)CC2)=C\CC[C@@]2(C)O[C@H]2C1. The number of carbonyl (C=O) groups is 6. The lowest BCUT2D eigenvalue weighted by atomic mass is 9.84. The van der Waals surface area contributed by atoms with Crippen LogP contribution < -0.4 is 10.6 Å². The minimum absolute atomic E-state index is 0.0280. The van der Waals surface area contributed by atoms with Gasteiger partial charge >= 0.3 is 23.9 Å². The Hall–Kier alpha value is -4.82. The smallest absolute Gasteiger partial charge is 0.331 e. The molecule has 0 saturated carbocycles. The van der Waals surface area contributed by atoms with Crippen molar-refractivity contribution in [3.05, 3.63) is 71.9 Å². The summed E-state index contributed by atoms with van der Waals surface area (Å²) in [6, 6.07) is 0. The molecule has 0 radical (unpaired) electrons. The second kappa shape index (κ2) is 23.3. The molecule has 2 amide bonds. The largest absolute Gasteiger partial charge is 0.478 e. The zero-order valence-corrected chi connectivity index (χ0v) is 35.3. The minimum Gasteiger partial charge on any atom is -0.478 e. The van der Waals surface area contributed by atoms with E-state index in [1.165, 1.54) is 0 Å². The molecular formula is C46H64N2O12. The van der Waals surface area contributed by atoms with Crippen LogP contribution in [0, 0.1) is 11.8 Å². The molecular weight excluding hydrogens is 773 g/mol.